The van der Waals surface area contributed by atoms with Gasteiger partial charge >= 0.3 is 0 Å². The summed E-state index contributed by atoms with van der Waals surface area (Å²) in [6, 6.07) is 17.5. The van der Waals surface area contributed by atoms with Crippen molar-refractivity contribution >= 4 is 8.32 Å². The van der Waals surface area contributed by atoms with Crippen LogP contribution in [0.1, 0.15) is 67.7 Å². The molecule has 2 aromatic rings. The van der Waals surface area contributed by atoms with Crippen molar-refractivity contribution in [3.63, 3.8) is 0 Å². The van der Waals surface area contributed by atoms with Crippen LogP contribution in [-0.2, 0) is 17.6 Å². The van der Waals surface area contributed by atoms with Crippen molar-refractivity contribution in [3.05, 3.63) is 70.8 Å². The quantitative estimate of drug-likeness (QED) is 0.589. The van der Waals surface area contributed by atoms with Gasteiger partial charge in [-0.3, -0.25) is 0 Å². The fraction of sp³-hybridized carbons (Fsp3) is 0.500. The van der Waals surface area contributed by atoms with Crippen LogP contribution in [0.4, 0.5) is 0 Å². The Hall–Kier alpha value is -1.42. The van der Waals surface area contributed by atoms with Crippen molar-refractivity contribution in [2.45, 2.75) is 76.8 Å². The van der Waals surface area contributed by atoms with E-state index in [1.165, 1.54) is 29.5 Å². The Balaban J connectivity index is 1.53. The second-order valence-electron chi connectivity index (χ2n) is 9.56. The van der Waals surface area contributed by atoms with Gasteiger partial charge in [-0.05, 0) is 65.1 Å². The monoisotopic (exact) mass is 382 g/mol. The highest BCUT2D eigenvalue weighted by molar-refractivity contribution is 6.74. The van der Waals surface area contributed by atoms with Gasteiger partial charge in [0, 0.05) is 0 Å². The molecule has 0 radical (unpaired) electrons. The van der Waals surface area contributed by atoms with Gasteiger partial charge in [0.25, 0.3) is 0 Å². The zero-order chi connectivity index (χ0) is 19.7. The highest BCUT2D eigenvalue weighted by Gasteiger charge is 2.37. The van der Waals surface area contributed by atoms with E-state index >= 15 is 0 Å². The molecule has 0 spiro atoms. The van der Waals surface area contributed by atoms with E-state index in [-0.39, 0.29) is 11.6 Å². The normalized spacial score (nSPS) is 20.4. The van der Waals surface area contributed by atoms with Gasteiger partial charge in [0.2, 0.25) is 0 Å². The Morgan fingerprint density at radius 1 is 0.852 bits per heavy atom. The first-order chi connectivity index (χ1) is 12.7. The molecule has 1 aliphatic carbocycles. The van der Waals surface area contributed by atoms with Gasteiger partial charge < -0.3 is 9.53 Å². The van der Waals surface area contributed by atoms with E-state index in [9.17, 15) is 0 Å². The van der Waals surface area contributed by atoms with Gasteiger partial charge in [-0.15, -0.1) is 0 Å². The molecule has 0 aliphatic heterocycles. The van der Waals surface area contributed by atoms with Crippen LogP contribution in [0.15, 0.2) is 48.5 Å². The molecule has 27 heavy (non-hydrogen) atoms. The molecule has 1 N–H and O–H groups in total. The lowest BCUT2D eigenvalue weighted by Crippen LogP contribution is -2.40. The fourth-order valence-corrected chi connectivity index (χ4v) is 4.38. The number of hydrogen-bond donors (Lipinski definition) is 1. The standard InChI is InChI=1S/C24H34O2Si/c1-24(2,3)27(4,5)26-17-19-8-12-21(13-9-19)23-14-22(15-23)20-10-6-18(16-25)7-11-20/h6-13,22-23,25H,14-17H2,1-5H3. The minimum atomic E-state index is -1.69. The summed E-state index contributed by atoms with van der Waals surface area (Å²) in [5, 5.41) is 9.42. The van der Waals surface area contributed by atoms with E-state index in [0.29, 0.717) is 11.8 Å². The second-order valence-corrected chi connectivity index (χ2v) is 14.4. The van der Waals surface area contributed by atoms with E-state index in [4.69, 9.17) is 9.53 Å². The molecule has 2 nitrogen and oxygen atoms in total. The van der Waals surface area contributed by atoms with Crippen molar-refractivity contribution in [1.82, 2.24) is 0 Å². The number of rotatable bonds is 6. The number of aliphatic hydroxyl groups is 1. The average molecular weight is 383 g/mol. The Kier molecular flexibility index (Phi) is 5.95. The van der Waals surface area contributed by atoms with Crippen LogP contribution in [-0.4, -0.2) is 13.4 Å². The molecule has 0 unspecified atom stereocenters. The largest absolute Gasteiger partial charge is 0.413 e. The maximum atomic E-state index is 9.17. The Bertz CT molecular complexity index is 735. The highest BCUT2D eigenvalue weighted by atomic mass is 28.4. The molecule has 2 aromatic carbocycles. The highest BCUT2D eigenvalue weighted by Crippen LogP contribution is 2.47. The van der Waals surface area contributed by atoms with Crippen LogP contribution >= 0.6 is 0 Å². The first-order valence-electron chi connectivity index (χ1n) is 10.1. The van der Waals surface area contributed by atoms with Gasteiger partial charge in [0.1, 0.15) is 0 Å². The molecule has 0 amide bonds. The van der Waals surface area contributed by atoms with Crippen molar-refractivity contribution in [1.29, 1.82) is 0 Å². The maximum Gasteiger partial charge on any atom is 0.192 e. The lowest BCUT2D eigenvalue weighted by atomic mass is 9.68. The second kappa shape index (κ2) is 7.90. The van der Waals surface area contributed by atoms with Crippen LogP contribution in [0.2, 0.25) is 18.1 Å². The zero-order valence-corrected chi connectivity index (χ0v) is 18.5. The molecule has 146 valence electrons. The molecule has 3 rings (SSSR count). The zero-order valence-electron chi connectivity index (χ0n) is 17.5. The summed E-state index contributed by atoms with van der Waals surface area (Å²) >= 11 is 0. The SMILES string of the molecule is CC(C)(C)[Si](C)(C)OCc1ccc(C2CC(c3ccc(CO)cc3)C2)cc1. The maximum absolute atomic E-state index is 9.17. The van der Waals surface area contributed by atoms with Crippen LogP contribution in [0.5, 0.6) is 0 Å². The summed E-state index contributed by atoms with van der Waals surface area (Å²) in [6.07, 6.45) is 2.44. The predicted molar refractivity (Wildman–Crippen MR) is 116 cm³/mol. The van der Waals surface area contributed by atoms with E-state index in [1.807, 2.05) is 12.1 Å². The van der Waals surface area contributed by atoms with E-state index in [1.54, 1.807) is 0 Å². The number of benzene rings is 2. The van der Waals surface area contributed by atoms with Gasteiger partial charge in [-0.1, -0.05) is 69.3 Å². The first kappa shape index (κ1) is 20.3. The summed E-state index contributed by atoms with van der Waals surface area (Å²) < 4.78 is 6.34. The van der Waals surface area contributed by atoms with Crippen LogP contribution in [0.3, 0.4) is 0 Å². The lowest BCUT2D eigenvalue weighted by Gasteiger charge is -2.37. The first-order valence-corrected chi connectivity index (χ1v) is 13.0. The summed E-state index contributed by atoms with van der Waals surface area (Å²) in [5.74, 6) is 1.33. The van der Waals surface area contributed by atoms with Gasteiger partial charge in [-0.25, -0.2) is 0 Å². The lowest BCUT2D eigenvalue weighted by molar-refractivity contribution is 0.276. The molecular formula is C24H34O2Si. The number of hydrogen-bond acceptors (Lipinski definition) is 2. The third kappa shape index (κ3) is 4.71. The van der Waals surface area contributed by atoms with E-state index < -0.39 is 8.32 Å². The smallest absolute Gasteiger partial charge is 0.192 e. The van der Waals surface area contributed by atoms with Crippen molar-refractivity contribution in [2.24, 2.45) is 0 Å². The molecule has 0 heterocycles. The molecule has 0 saturated heterocycles. The summed E-state index contributed by atoms with van der Waals surface area (Å²) in [5.41, 5.74) is 5.13. The van der Waals surface area contributed by atoms with Gasteiger partial charge in [0.05, 0.1) is 13.2 Å². The molecule has 0 atom stereocenters. The minimum Gasteiger partial charge on any atom is -0.413 e. The average Bonchev–Trinajstić information content (AvgIpc) is 2.59. The van der Waals surface area contributed by atoms with Crippen molar-refractivity contribution in [3.8, 4) is 0 Å². The third-order valence-corrected chi connectivity index (χ3v) is 11.1. The van der Waals surface area contributed by atoms with Crippen molar-refractivity contribution < 1.29 is 9.53 Å². The van der Waals surface area contributed by atoms with Crippen LogP contribution in [0, 0.1) is 0 Å². The van der Waals surface area contributed by atoms with Crippen LogP contribution in [0.25, 0.3) is 0 Å². The minimum absolute atomic E-state index is 0.124. The number of aliphatic hydroxyl groups excluding tert-OH is 1. The molecule has 1 saturated carbocycles. The van der Waals surface area contributed by atoms with E-state index in [2.05, 4.69) is 70.3 Å². The van der Waals surface area contributed by atoms with Crippen LogP contribution < -0.4 is 0 Å². The Labute approximate surface area is 165 Å². The summed E-state index contributed by atoms with van der Waals surface area (Å²) in [4.78, 5) is 0. The molecular weight excluding hydrogens is 348 g/mol. The fourth-order valence-electron chi connectivity index (χ4n) is 3.42. The third-order valence-electron chi connectivity index (χ3n) is 6.63. The Morgan fingerprint density at radius 2 is 1.30 bits per heavy atom. The molecule has 0 aromatic heterocycles. The molecule has 0 bridgehead atoms. The van der Waals surface area contributed by atoms with Crippen molar-refractivity contribution in [2.75, 3.05) is 0 Å². The molecule has 1 fully saturated rings. The molecule has 3 heteroatoms. The molecule has 1 aliphatic rings. The van der Waals surface area contributed by atoms with Gasteiger partial charge in [0.15, 0.2) is 8.32 Å². The summed E-state index contributed by atoms with van der Waals surface area (Å²) in [7, 11) is -1.69. The summed E-state index contributed by atoms with van der Waals surface area (Å²) in [6.45, 7) is 12.3. The Morgan fingerprint density at radius 3 is 1.70 bits per heavy atom. The topological polar surface area (TPSA) is 29.5 Å². The van der Waals surface area contributed by atoms with Gasteiger partial charge in [-0.2, -0.15) is 0 Å². The predicted octanol–water partition coefficient (Wildman–Crippen LogP) is 6.36. The van der Waals surface area contributed by atoms with E-state index in [0.717, 1.165) is 12.2 Å².